The summed E-state index contributed by atoms with van der Waals surface area (Å²) in [6, 6.07) is 8.63. The molecule has 1 aliphatic carbocycles. The Morgan fingerprint density at radius 2 is 2.29 bits per heavy atom. The van der Waals surface area contributed by atoms with Gasteiger partial charge in [-0.2, -0.15) is 5.10 Å². The van der Waals surface area contributed by atoms with E-state index in [4.69, 9.17) is 0 Å². The Kier molecular flexibility index (Phi) is 4.96. The average molecular weight is 376 g/mol. The number of allylic oxidation sites excluding steroid dienone is 1. The van der Waals surface area contributed by atoms with Gasteiger partial charge < -0.3 is 5.11 Å². The van der Waals surface area contributed by atoms with Crippen LogP contribution in [0.25, 0.3) is 10.8 Å². The molecule has 28 heavy (non-hydrogen) atoms. The van der Waals surface area contributed by atoms with Crippen LogP contribution in [-0.4, -0.2) is 43.8 Å². The molecule has 1 aliphatic rings. The number of rotatable bonds is 6. The van der Waals surface area contributed by atoms with Crippen molar-refractivity contribution in [3.8, 4) is 0 Å². The highest BCUT2D eigenvalue weighted by molar-refractivity contribution is 5.87. The second-order valence-corrected chi connectivity index (χ2v) is 7.38. The Hall–Kier alpha value is -2.99. The lowest BCUT2D eigenvalue weighted by Crippen LogP contribution is -2.36. The molecule has 0 fully saturated rings. The van der Waals surface area contributed by atoms with Crippen molar-refractivity contribution in [2.45, 2.75) is 38.4 Å². The number of hydrogen-bond acceptors (Lipinski definition) is 4. The van der Waals surface area contributed by atoms with E-state index in [1.165, 1.54) is 10.9 Å². The summed E-state index contributed by atoms with van der Waals surface area (Å²) in [5.74, 6) is -0.955. The fourth-order valence-corrected chi connectivity index (χ4v) is 4.22. The Morgan fingerprint density at radius 3 is 3.07 bits per heavy atom. The highest BCUT2D eigenvalue weighted by Crippen LogP contribution is 2.29. The van der Waals surface area contributed by atoms with Crippen molar-refractivity contribution < 1.29 is 9.90 Å². The third kappa shape index (κ3) is 3.31. The number of aromatic nitrogens is 3. The smallest absolute Gasteiger partial charge is 0.356 e. The third-order valence-electron chi connectivity index (χ3n) is 5.64. The molecule has 0 radical (unpaired) electrons. The molecule has 144 valence electrons. The van der Waals surface area contributed by atoms with Crippen molar-refractivity contribution in [2.24, 2.45) is 0 Å². The second kappa shape index (κ2) is 7.56. The lowest BCUT2D eigenvalue weighted by molar-refractivity contribution is 0.0687. The Balaban J connectivity index is 1.58. The van der Waals surface area contributed by atoms with Crippen molar-refractivity contribution in [1.29, 1.82) is 0 Å². The molecule has 2 heterocycles. The number of nitrogens with zero attached hydrogens (tertiary/aromatic N) is 4. The summed E-state index contributed by atoms with van der Waals surface area (Å²) >= 11 is 0. The van der Waals surface area contributed by atoms with E-state index in [0.717, 1.165) is 36.0 Å². The number of carboxylic acids is 1. The lowest BCUT2D eigenvalue weighted by atomic mass is 9.90. The zero-order valence-electron chi connectivity index (χ0n) is 16.0. The number of aromatic carboxylic acids is 1. The second-order valence-electron chi connectivity index (χ2n) is 7.38. The number of carboxylic acid groups (broad SMARTS) is 1. The molecule has 0 saturated carbocycles. The molecular weight excluding hydrogens is 352 g/mol. The summed E-state index contributed by atoms with van der Waals surface area (Å²) in [5.41, 5.74) is 3.36. The fraction of sp³-hybridized carbons (Fsp3) is 0.318. The molecule has 1 aromatic carbocycles. The zero-order valence-corrected chi connectivity index (χ0v) is 16.0. The van der Waals surface area contributed by atoms with Crippen LogP contribution < -0.4 is 0 Å². The van der Waals surface area contributed by atoms with Crippen LogP contribution >= 0.6 is 0 Å². The summed E-state index contributed by atoms with van der Waals surface area (Å²) in [6.07, 6.45) is 7.99. The molecular formula is C22H24N4O2. The molecule has 6 nitrogen and oxygen atoms in total. The Bertz CT molecular complexity index is 1030. The van der Waals surface area contributed by atoms with Crippen molar-refractivity contribution in [2.75, 3.05) is 7.05 Å². The van der Waals surface area contributed by atoms with Gasteiger partial charge in [0.2, 0.25) is 0 Å². The van der Waals surface area contributed by atoms with Gasteiger partial charge in [-0.15, -0.1) is 6.58 Å². The summed E-state index contributed by atoms with van der Waals surface area (Å²) in [4.78, 5) is 18.2. The monoisotopic (exact) mass is 376 g/mol. The van der Waals surface area contributed by atoms with Gasteiger partial charge in [-0.05, 0) is 43.3 Å². The number of carbonyl (C=O) groups is 1. The summed E-state index contributed by atoms with van der Waals surface area (Å²) in [5, 5.41) is 16.3. The van der Waals surface area contributed by atoms with E-state index in [-0.39, 0.29) is 11.7 Å². The van der Waals surface area contributed by atoms with Crippen LogP contribution in [0.4, 0.5) is 0 Å². The largest absolute Gasteiger partial charge is 0.476 e. The minimum atomic E-state index is -0.955. The SMILES string of the molecule is C=CCn1nc(C(=O)O)c2c1CC[C@H](N(C)Cc1cccc3cnccc13)C2. The molecule has 3 aromatic rings. The minimum absolute atomic E-state index is 0.186. The van der Waals surface area contributed by atoms with E-state index in [1.807, 2.05) is 12.4 Å². The molecule has 0 saturated heterocycles. The fourth-order valence-electron chi connectivity index (χ4n) is 4.22. The van der Waals surface area contributed by atoms with Crippen LogP contribution in [0.3, 0.4) is 0 Å². The maximum atomic E-state index is 11.7. The molecule has 4 rings (SSSR count). The summed E-state index contributed by atoms with van der Waals surface area (Å²) in [6.45, 7) is 5.10. The summed E-state index contributed by atoms with van der Waals surface area (Å²) < 4.78 is 1.79. The highest BCUT2D eigenvalue weighted by atomic mass is 16.4. The van der Waals surface area contributed by atoms with E-state index in [2.05, 4.69) is 52.9 Å². The van der Waals surface area contributed by atoms with E-state index < -0.39 is 5.97 Å². The highest BCUT2D eigenvalue weighted by Gasteiger charge is 2.30. The lowest BCUT2D eigenvalue weighted by Gasteiger charge is -2.32. The van der Waals surface area contributed by atoms with Gasteiger partial charge in [0.05, 0.1) is 6.54 Å². The van der Waals surface area contributed by atoms with Gasteiger partial charge in [-0.3, -0.25) is 14.6 Å². The standard InChI is InChI=1S/C22H24N4O2/c1-3-11-26-20-8-7-17(12-19(20)21(24-26)22(27)28)25(2)14-16-6-4-5-15-13-23-10-9-18(15)16/h3-6,9-10,13,17H,1,7-8,11-12,14H2,2H3,(H,27,28)/t17-/m0/s1. The first-order chi connectivity index (χ1) is 13.6. The van der Waals surface area contributed by atoms with Crippen molar-refractivity contribution >= 4 is 16.7 Å². The van der Waals surface area contributed by atoms with Crippen molar-refractivity contribution in [1.82, 2.24) is 19.7 Å². The first-order valence-electron chi connectivity index (χ1n) is 9.53. The molecule has 1 N–H and O–H groups in total. The number of hydrogen-bond donors (Lipinski definition) is 1. The topological polar surface area (TPSA) is 71.2 Å². The van der Waals surface area contributed by atoms with Crippen molar-refractivity contribution in [3.05, 3.63) is 71.8 Å². The molecule has 0 unspecified atom stereocenters. The molecule has 0 bridgehead atoms. The quantitative estimate of drug-likeness (QED) is 0.669. The Labute approximate surface area is 164 Å². The maximum absolute atomic E-state index is 11.7. The molecule has 1 atom stereocenters. The maximum Gasteiger partial charge on any atom is 0.356 e. The molecule has 2 aromatic heterocycles. The van der Waals surface area contributed by atoms with Crippen LogP contribution in [0.2, 0.25) is 0 Å². The van der Waals surface area contributed by atoms with Gasteiger partial charge in [-0.1, -0.05) is 24.3 Å². The van der Waals surface area contributed by atoms with Crippen molar-refractivity contribution in [3.63, 3.8) is 0 Å². The molecule has 6 heteroatoms. The van der Waals surface area contributed by atoms with Gasteiger partial charge in [0.15, 0.2) is 5.69 Å². The van der Waals surface area contributed by atoms with Crippen LogP contribution in [0.1, 0.15) is 33.7 Å². The van der Waals surface area contributed by atoms with Gasteiger partial charge in [0.1, 0.15) is 0 Å². The third-order valence-corrected chi connectivity index (χ3v) is 5.64. The van der Waals surface area contributed by atoms with Gasteiger partial charge in [0.25, 0.3) is 0 Å². The van der Waals surface area contributed by atoms with E-state index in [1.54, 1.807) is 10.8 Å². The van der Waals surface area contributed by atoms with Crippen LogP contribution in [0.5, 0.6) is 0 Å². The average Bonchev–Trinajstić information content (AvgIpc) is 3.07. The number of fused-ring (bicyclic) bond motifs is 2. The van der Waals surface area contributed by atoms with Crippen LogP contribution in [0.15, 0.2) is 49.3 Å². The van der Waals surface area contributed by atoms with Gasteiger partial charge in [0, 0.05) is 41.6 Å². The van der Waals surface area contributed by atoms with Gasteiger partial charge in [-0.25, -0.2) is 4.79 Å². The van der Waals surface area contributed by atoms with Gasteiger partial charge >= 0.3 is 5.97 Å². The Morgan fingerprint density at radius 1 is 1.43 bits per heavy atom. The first kappa shape index (κ1) is 18.4. The number of likely N-dealkylation sites (N-methyl/N-ethyl adjacent to an activating group) is 1. The normalized spacial score (nSPS) is 16.3. The van der Waals surface area contributed by atoms with Crippen LogP contribution in [-0.2, 0) is 25.9 Å². The van der Waals surface area contributed by atoms with E-state index >= 15 is 0 Å². The number of pyridine rings is 1. The predicted octanol–water partition coefficient (Wildman–Crippen LogP) is 3.30. The van der Waals surface area contributed by atoms with E-state index in [0.29, 0.717) is 13.0 Å². The first-order valence-corrected chi connectivity index (χ1v) is 9.53. The molecule has 0 spiro atoms. The van der Waals surface area contributed by atoms with E-state index in [9.17, 15) is 9.90 Å². The predicted molar refractivity (Wildman–Crippen MR) is 108 cm³/mol. The zero-order chi connectivity index (χ0) is 19.7. The molecule has 0 aliphatic heterocycles. The number of benzene rings is 1. The molecule has 0 amide bonds. The van der Waals surface area contributed by atoms with Crippen LogP contribution in [0, 0.1) is 0 Å². The summed E-state index contributed by atoms with van der Waals surface area (Å²) in [7, 11) is 2.12. The minimum Gasteiger partial charge on any atom is -0.476 e.